The van der Waals surface area contributed by atoms with Gasteiger partial charge in [-0.3, -0.25) is 0 Å². The van der Waals surface area contributed by atoms with E-state index in [2.05, 4.69) is 9.46 Å². The van der Waals surface area contributed by atoms with Crippen molar-refractivity contribution < 1.29 is 17.9 Å². The lowest BCUT2D eigenvalue weighted by molar-refractivity contribution is 0.177. The molecule has 0 heterocycles. The third kappa shape index (κ3) is 4.10. The Morgan fingerprint density at radius 1 is 1.47 bits per heavy atom. The number of rotatable bonds is 4. The van der Waals surface area contributed by atoms with Crippen LogP contribution in [0.1, 0.15) is 19.3 Å². The molecule has 1 fully saturated rings. The largest absolute Gasteiger partial charge is 0.452 e. The number of ether oxygens (including phenoxy) is 1. The Balaban J connectivity index is 2.64. The summed E-state index contributed by atoms with van der Waals surface area (Å²) in [6.45, 7) is 0. The first-order valence-electron chi connectivity index (χ1n) is 5.03. The highest BCUT2D eigenvalue weighted by atomic mass is 32.2. The highest BCUT2D eigenvalue weighted by molar-refractivity contribution is 7.88. The van der Waals surface area contributed by atoms with Crippen LogP contribution in [0, 0.1) is 5.92 Å². The third-order valence-corrected chi connectivity index (χ3v) is 3.94. The smallest absolute Gasteiger partial charge is 0.421 e. The lowest BCUT2D eigenvalue weighted by Gasteiger charge is -2.19. The summed E-state index contributed by atoms with van der Waals surface area (Å²) in [7, 11) is -2.85. The summed E-state index contributed by atoms with van der Waals surface area (Å²) in [4.78, 5) is 11.1. The van der Waals surface area contributed by atoms with Gasteiger partial charge in [-0.1, -0.05) is 18.6 Å². The number of carbonyl (C=O) groups is 1. The van der Waals surface area contributed by atoms with Crippen molar-refractivity contribution in [1.29, 1.82) is 0 Å². The molecule has 0 aromatic carbocycles. The number of methoxy groups -OCH3 is 1. The molecule has 0 spiro atoms. The second kappa shape index (κ2) is 5.61. The Hall–Kier alpha value is -0.930. The molecule has 0 radical (unpaired) electrons. The van der Waals surface area contributed by atoms with Crippen molar-refractivity contribution in [2.75, 3.05) is 7.11 Å². The summed E-state index contributed by atoms with van der Waals surface area (Å²) in [6, 6.07) is -0.366. The van der Waals surface area contributed by atoms with Crippen molar-refractivity contribution in [2.45, 2.75) is 25.3 Å². The van der Waals surface area contributed by atoms with Gasteiger partial charge in [-0.25, -0.2) is 9.52 Å². The van der Waals surface area contributed by atoms with Gasteiger partial charge in [0.1, 0.15) is 0 Å². The van der Waals surface area contributed by atoms with Gasteiger partial charge >= 0.3 is 16.3 Å². The molecule has 0 bridgehead atoms. The summed E-state index contributed by atoms with van der Waals surface area (Å²) in [5.74, 6) is -0.167. The average Bonchev–Trinajstić information content (AvgIpc) is 2.64. The Labute approximate surface area is 105 Å². The molecule has 1 aliphatic carbocycles. The molecule has 98 valence electrons. The van der Waals surface area contributed by atoms with Gasteiger partial charge in [0.25, 0.3) is 0 Å². The molecule has 0 saturated heterocycles. The second-order valence-electron chi connectivity index (χ2n) is 3.76. The van der Waals surface area contributed by atoms with E-state index in [-0.39, 0.29) is 16.9 Å². The normalized spacial score (nSPS) is 24.3. The zero-order chi connectivity index (χ0) is 13.1. The quantitative estimate of drug-likeness (QED) is 0.606. The Morgan fingerprint density at radius 3 is 2.65 bits per heavy atom. The fourth-order valence-corrected chi connectivity index (χ4v) is 3.15. The fourth-order valence-electron chi connectivity index (χ4n) is 1.82. The minimum absolute atomic E-state index is 0.167. The number of hydrogen-bond acceptors (Lipinski definition) is 5. The molecule has 9 heteroatoms. The predicted octanol–water partition coefficient (Wildman–Crippen LogP) is -0.368. The number of thiocarbonyl (C=S) groups is 1. The van der Waals surface area contributed by atoms with Crippen LogP contribution in [0.5, 0.6) is 0 Å². The van der Waals surface area contributed by atoms with Crippen LogP contribution in [0.3, 0.4) is 0 Å². The Morgan fingerprint density at radius 2 is 2.12 bits per heavy atom. The highest BCUT2D eigenvalue weighted by Gasteiger charge is 2.32. The number of amides is 1. The Kier molecular flexibility index (Phi) is 4.66. The summed E-state index contributed by atoms with van der Waals surface area (Å²) >= 11 is 4.86. The van der Waals surface area contributed by atoms with E-state index in [1.54, 1.807) is 4.72 Å². The molecule has 7 nitrogen and oxygen atoms in total. The van der Waals surface area contributed by atoms with Crippen molar-refractivity contribution in [3.63, 3.8) is 0 Å². The van der Waals surface area contributed by atoms with Crippen molar-refractivity contribution in [3.8, 4) is 0 Å². The first-order chi connectivity index (χ1) is 7.85. The van der Waals surface area contributed by atoms with Gasteiger partial charge in [0.2, 0.25) is 0 Å². The van der Waals surface area contributed by atoms with E-state index < -0.39 is 16.3 Å². The van der Waals surface area contributed by atoms with E-state index in [0.717, 1.165) is 20.0 Å². The molecule has 17 heavy (non-hydrogen) atoms. The summed E-state index contributed by atoms with van der Waals surface area (Å²) in [6.07, 6.45) is 1.19. The van der Waals surface area contributed by atoms with E-state index in [1.165, 1.54) is 0 Å². The summed E-state index contributed by atoms with van der Waals surface area (Å²) in [5, 5.41) is 0. The van der Waals surface area contributed by atoms with Gasteiger partial charge < -0.3 is 10.5 Å². The molecular formula is C8H15N3O4S2. The monoisotopic (exact) mass is 281 g/mol. The van der Waals surface area contributed by atoms with Gasteiger partial charge in [-0.05, 0) is 12.8 Å². The molecular weight excluding hydrogens is 266 g/mol. The van der Waals surface area contributed by atoms with Crippen molar-refractivity contribution in [3.05, 3.63) is 0 Å². The predicted molar refractivity (Wildman–Crippen MR) is 65.5 cm³/mol. The van der Waals surface area contributed by atoms with Gasteiger partial charge in [0.05, 0.1) is 12.1 Å². The molecule has 1 aliphatic rings. The maximum atomic E-state index is 11.5. The number of nitrogens with two attached hydrogens (primary N) is 1. The zero-order valence-electron chi connectivity index (χ0n) is 9.30. The Bertz CT molecular complexity index is 409. The molecule has 1 saturated carbocycles. The lowest BCUT2D eigenvalue weighted by Crippen LogP contribution is -2.48. The standard InChI is InChI=1S/C8H15N3O4S2/c1-15-8(12)11-17(13,14)10-6-4-2-3-5(6)7(9)16/h5-6,10H,2-4H2,1H3,(H2,9,16)(H,11,12). The maximum absolute atomic E-state index is 11.5. The van der Waals surface area contributed by atoms with Crippen molar-refractivity contribution in [1.82, 2.24) is 9.44 Å². The van der Waals surface area contributed by atoms with Gasteiger partial charge in [-0.15, -0.1) is 0 Å². The molecule has 2 atom stereocenters. The molecule has 2 unspecified atom stereocenters. The van der Waals surface area contributed by atoms with Crippen LogP contribution >= 0.6 is 12.2 Å². The molecule has 1 rings (SSSR count). The number of carbonyl (C=O) groups excluding carboxylic acids is 1. The van der Waals surface area contributed by atoms with E-state index in [0.29, 0.717) is 6.42 Å². The lowest BCUT2D eigenvalue weighted by atomic mass is 10.1. The zero-order valence-corrected chi connectivity index (χ0v) is 10.9. The van der Waals surface area contributed by atoms with Crippen LogP contribution in [-0.2, 0) is 14.9 Å². The van der Waals surface area contributed by atoms with E-state index >= 15 is 0 Å². The topological polar surface area (TPSA) is 111 Å². The summed E-state index contributed by atoms with van der Waals surface area (Å²) in [5.41, 5.74) is 5.52. The second-order valence-corrected chi connectivity index (χ2v) is 5.68. The van der Waals surface area contributed by atoms with Crippen molar-refractivity contribution in [2.24, 2.45) is 11.7 Å². The SMILES string of the molecule is COC(=O)NS(=O)(=O)NC1CCCC1C(N)=S. The van der Waals surface area contributed by atoms with Crippen LogP contribution in [0.2, 0.25) is 0 Å². The number of nitrogens with one attached hydrogen (secondary N) is 2. The van der Waals surface area contributed by atoms with Crippen LogP contribution < -0.4 is 15.2 Å². The van der Waals surface area contributed by atoms with Gasteiger partial charge in [0, 0.05) is 12.0 Å². The number of hydrogen-bond donors (Lipinski definition) is 3. The van der Waals surface area contributed by atoms with Gasteiger partial charge in [-0.2, -0.15) is 13.1 Å². The maximum Gasteiger partial charge on any atom is 0.421 e. The molecule has 4 N–H and O–H groups in total. The van der Waals surface area contributed by atoms with Gasteiger partial charge in [0.15, 0.2) is 0 Å². The van der Waals surface area contributed by atoms with E-state index in [1.807, 2.05) is 0 Å². The van der Waals surface area contributed by atoms with Crippen LogP contribution in [0.4, 0.5) is 4.79 Å². The molecule has 0 aromatic rings. The minimum atomic E-state index is -3.93. The minimum Gasteiger partial charge on any atom is -0.452 e. The van der Waals surface area contributed by atoms with Crippen LogP contribution in [0.25, 0.3) is 0 Å². The average molecular weight is 281 g/mol. The highest BCUT2D eigenvalue weighted by Crippen LogP contribution is 2.26. The van der Waals surface area contributed by atoms with Crippen molar-refractivity contribution >= 4 is 33.5 Å². The molecule has 0 aromatic heterocycles. The van der Waals surface area contributed by atoms with E-state index in [9.17, 15) is 13.2 Å². The third-order valence-electron chi connectivity index (χ3n) is 2.59. The summed E-state index contributed by atoms with van der Waals surface area (Å²) < 4.78 is 31.3. The fraction of sp³-hybridized carbons (Fsp3) is 0.750. The first kappa shape index (κ1) is 14.1. The molecule has 1 amide bonds. The van der Waals surface area contributed by atoms with E-state index in [4.69, 9.17) is 18.0 Å². The molecule has 0 aliphatic heterocycles. The first-order valence-corrected chi connectivity index (χ1v) is 6.92. The van der Waals surface area contributed by atoms with Crippen LogP contribution in [-0.4, -0.2) is 32.7 Å². The van der Waals surface area contributed by atoms with Crippen LogP contribution in [0.15, 0.2) is 0 Å².